The van der Waals surface area contributed by atoms with Crippen LogP contribution in [0.5, 0.6) is 0 Å². The van der Waals surface area contributed by atoms with E-state index in [1.165, 1.54) is 0 Å². The Balaban J connectivity index is 0. The smallest absolute Gasteiger partial charge is 0.223 e. The van der Waals surface area contributed by atoms with Gasteiger partial charge in [0.25, 0.3) is 0 Å². The monoisotopic (exact) mass is 285 g/mol. The first-order chi connectivity index (χ1) is 7.11. The van der Waals surface area contributed by atoms with Gasteiger partial charge in [0.2, 0.25) is 5.91 Å². The van der Waals surface area contributed by atoms with E-state index in [0.717, 1.165) is 32.5 Å². The molecule has 0 aromatic carbocycles. The summed E-state index contributed by atoms with van der Waals surface area (Å²) in [4.78, 5) is 13.9. The third-order valence-electron chi connectivity index (χ3n) is 3.16. The first-order valence-electron chi connectivity index (χ1n) is 5.76. The third-order valence-corrected chi connectivity index (χ3v) is 3.16. The molecule has 1 aliphatic rings. The predicted octanol–water partition coefficient (Wildman–Crippen LogP) is 0.896. The number of carbonyl (C=O) groups excluding carboxylic acids is 1. The largest absolute Gasteiger partial charge is 0.354 e. The summed E-state index contributed by atoms with van der Waals surface area (Å²) in [6.07, 6.45) is 1.95. The van der Waals surface area contributed by atoms with Gasteiger partial charge in [0, 0.05) is 18.5 Å². The highest BCUT2D eigenvalue weighted by atomic mass is 35.5. The molecule has 1 rings (SSSR count). The summed E-state index contributed by atoms with van der Waals surface area (Å²) in [5, 5.41) is 6.29. The molecule has 104 valence electrons. The van der Waals surface area contributed by atoms with Crippen LogP contribution in [0.1, 0.15) is 19.8 Å². The summed E-state index contributed by atoms with van der Waals surface area (Å²) < 4.78 is 0. The van der Waals surface area contributed by atoms with E-state index in [9.17, 15) is 4.79 Å². The fourth-order valence-corrected chi connectivity index (χ4v) is 1.66. The van der Waals surface area contributed by atoms with Crippen molar-refractivity contribution in [3.8, 4) is 0 Å². The van der Waals surface area contributed by atoms with Gasteiger partial charge in [-0.1, -0.05) is 0 Å². The first kappa shape index (κ1) is 19.3. The van der Waals surface area contributed by atoms with Gasteiger partial charge in [-0.3, -0.25) is 4.79 Å². The molecule has 0 aromatic heterocycles. The minimum absolute atomic E-state index is 0. The molecule has 1 atom stereocenters. The first-order valence-corrected chi connectivity index (χ1v) is 5.76. The van der Waals surface area contributed by atoms with E-state index >= 15 is 0 Å². The number of nitrogens with zero attached hydrogens (tertiary/aromatic N) is 1. The Labute approximate surface area is 117 Å². The molecule has 1 fully saturated rings. The van der Waals surface area contributed by atoms with Gasteiger partial charge in [-0.05, 0) is 47.0 Å². The summed E-state index contributed by atoms with van der Waals surface area (Å²) in [5.41, 5.74) is 0. The Morgan fingerprint density at radius 1 is 1.35 bits per heavy atom. The normalized spacial score (nSPS) is 17.9. The highest BCUT2D eigenvalue weighted by molar-refractivity contribution is 5.85. The molecular weight excluding hydrogens is 261 g/mol. The Morgan fingerprint density at radius 2 is 1.88 bits per heavy atom. The van der Waals surface area contributed by atoms with Crippen molar-refractivity contribution >= 4 is 30.7 Å². The second kappa shape index (κ2) is 9.95. The maximum Gasteiger partial charge on any atom is 0.223 e. The number of carbonyl (C=O) groups is 1. The fraction of sp³-hybridized carbons (Fsp3) is 0.909. The van der Waals surface area contributed by atoms with Crippen molar-refractivity contribution < 1.29 is 4.79 Å². The van der Waals surface area contributed by atoms with Gasteiger partial charge in [-0.2, -0.15) is 0 Å². The van der Waals surface area contributed by atoms with Crippen LogP contribution < -0.4 is 10.6 Å². The average molecular weight is 286 g/mol. The van der Waals surface area contributed by atoms with E-state index in [-0.39, 0.29) is 36.6 Å². The Hall–Kier alpha value is -0.0300. The molecule has 4 nitrogen and oxygen atoms in total. The quantitative estimate of drug-likeness (QED) is 0.807. The van der Waals surface area contributed by atoms with E-state index in [1.807, 2.05) is 14.1 Å². The molecule has 0 aromatic rings. The van der Waals surface area contributed by atoms with Crippen molar-refractivity contribution in [3.05, 3.63) is 0 Å². The average Bonchev–Trinajstić information content (AvgIpc) is 2.26. The highest BCUT2D eigenvalue weighted by Crippen LogP contribution is 2.11. The third kappa shape index (κ3) is 7.09. The number of amides is 1. The van der Waals surface area contributed by atoms with Crippen molar-refractivity contribution in [1.82, 2.24) is 15.5 Å². The Kier molecular flexibility index (Phi) is 11.3. The van der Waals surface area contributed by atoms with Crippen LogP contribution in [0.3, 0.4) is 0 Å². The van der Waals surface area contributed by atoms with E-state index in [0.29, 0.717) is 6.04 Å². The molecule has 1 aliphatic heterocycles. The molecule has 1 saturated heterocycles. The van der Waals surface area contributed by atoms with Crippen LogP contribution in [0.2, 0.25) is 0 Å². The fourth-order valence-electron chi connectivity index (χ4n) is 1.66. The van der Waals surface area contributed by atoms with Gasteiger partial charge in [0.1, 0.15) is 0 Å². The lowest BCUT2D eigenvalue weighted by atomic mass is 9.97. The lowest BCUT2D eigenvalue weighted by Crippen LogP contribution is -2.43. The van der Waals surface area contributed by atoms with Gasteiger partial charge in [-0.15, -0.1) is 24.8 Å². The SMILES string of the molecule is CC(CNC(=O)C1CCNCC1)N(C)C.Cl.Cl. The molecule has 17 heavy (non-hydrogen) atoms. The van der Waals surface area contributed by atoms with E-state index in [4.69, 9.17) is 0 Å². The Morgan fingerprint density at radius 3 is 2.35 bits per heavy atom. The zero-order chi connectivity index (χ0) is 11.3. The number of hydrogen-bond acceptors (Lipinski definition) is 3. The molecule has 1 heterocycles. The Bertz CT molecular complexity index is 209. The number of likely N-dealkylation sites (N-methyl/N-ethyl adjacent to an activating group) is 1. The number of nitrogens with one attached hydrogen (secondary N) is 2. The molecule has 2 N–H and O–H groups in total. The molecule has 6 heteroatoms. The summed E-state index contributed by atoms with van der Waals surface area (Å²) in [5.74, 6) is 0.450. The van der Waals surface area contributed by atoms with E-state index in [2.05, 4.69) is 22.5 Å². The van der Waals surface area contributed by atoms with Crippen molar-refractivity contribution in [3.63, 3.8) is 0 Å². The molecular formula is C11H25Cl2N3O. The highest BCUT2D eigenvalue weighted by Gasteiger charge is 2.20. The zero-order valence-corrected chi connectivity index (χ0v) is 12.5. The van der Waals surface area contributed by atoms with Crippen LogP contribution in [0.25, 0.3) is 0 Å². The van der Waals surface area contributed by atoms with E-state index < -0.39 is 0 Å². The standard InChI is InChI=1S/C11H23N3O.2ClH/c1-9(14(2)3)8-13-11(15)10-4-6-12-7-5-10;;/h9-10,12H,4-8H2,1-3H3,(H,13,15);2*1H. The van der Waals surface area contributed by atoms with Crippen molar-refractivity contribution in [1.29, 1.82) is 0 Å². The minimum Gasteiger partial charge on any atom is -0.354 e. The summed E-state index contributed by atoms with van der Waals surface area (Å²) in [7, 11) is 4.06. The summed E-state index contributed by atoms with van der Waals surface area (Å²) >= 11 is 0. The zero-order valence-electron chi connectivity index (χ0n) is 10.9. The van der Waals surface area contributed by atoms with Crippen LogP contribution in [0, 0.1) is 5.92 Å². The minimum atomic E-state index is 0. The van der Waals surface area contributed by atoms with Crippen LogP contribution >= 0.6 is 24.8 Å². The molecule has 0 bridgehead atoms. The second-order valence-corrected chi connectivity index (χ2v) is 4.58. The van der Waals surface area contributed by atoms with Crippen LogP contribution in [-0.2, 0) is 4.79 Å². The summed E-state index contributed by atoms with van der Waals surface area (Å²) in [6.45, 7) is 4.81. The van der Waals surface area contributed by atoms with Crippen LogP contribution in [0.15, 0.2) is 0 Å². The number of piperidine rings is 1. The molecule has 0 aliphatic carbocycles. The van der Waals surface area contributed by atoms with Crippen LogP contribution in [0.4, 0.5) is 0 Å². The van der Waals surface area contributed by atoms with Gasteiger partial charge in [-0.25, -0.2) is 0 Å². The number of hydrogen-bond donors (Lipinski definition) is 2. The molecule has 1 unspecified atom stereocenters. The topological polar surface area (TPSA) is 44.4 Å². The maximum atomic E-state index is 11.8. The van der Waals surface area contributed by atoms with Crippen molar-refractivity contribution in [2.24, 2.45) is 5.92 Å². The molecule has 1 amide bonds. The van der Waals surface area contributed by atoms with E-state index in [1.54, 1.807) is 0 Å². The predicted molar refractivity (Wildman–Crippen MR) is 76.2 cm³/mol. The van der Waals surface area contributed by atoms with Gasteiger partial charge in [0.15, 0.2) is 0 Å². The van der Waals surface area contributed by atoms with Gasteiger partial charge < -0.3 is 15.5 Å². The van der Waals surface area contributed by atoms with Gasteiger partial charge >= 0.3 is 0 Å². The lowest BCUT2D eigenvalue weighted by Gasteiger charge is -2.24. The number of halogens is 2. The number of rotatable bonds is 4. The lowest BCUT2D eigenvalue weighted by molar-refractivity contribution is -0.125. The van der Waals surface area contributed by atoms with Crippen molar-refractivity contribution in [2.75, 3.05) is 33.7 Å². The van der Waals surface area contributed by atoms with Crippen LogP contribution in [-0.4, -0.2) is 50.6 Å². The molecule has 0 radical (unpaired) electrons. The van der Waals surface area contributed by atoms with Gasteiger partial charge in [0.05, 0.1) is 0 Å². The van der Waals surface area contributed by atoms with Crippen molar-refractivity contribution in [2.45, 2.75) is 25.8 Å². The molecule has 0 spiro atoms. The second-order valence-electron chi connectivity index (χ2n) is 4.58. The summed E-state index contributed by atoms with van der Waals surface area (Å²) in [6, 6.07) is 0.399. The molecule has 0 saturated carbocycles. The maximum absolute atomic E-state index is 11.8.